The summed E-state index contributed by atoms with van der Waals surface area (Å²) in [4.78, 5) is 27.8. The molecule has 1 aromatic carbocycles. The number of primary amides is 1. The highest BCUT2D eigenvalue weighted by Crippen LogP contribution is 2.19. The molecule has 2 unspecified atom stereocenters. The number of piperidine rings is 1. The molecule has 2 amide bonds. The maximum absolute atomic E-state index is 12.7. The third kappa shape index (κ3) is 4.69. The molecule has 0 radical (unpaired) electrons. The standard InChI is InChI=1S/C17H24ClN3O2/c1-12(20(2)10-13-5-3-7-15(18)9-13)17(23)21-8-4-6-14(11-21)16(19)22/h3,5,7,9,12,14H,4,6,8,10-11H2,1-2H3,(H2,19,22). The number of halogens is 1. The SMILES string of the molecule is CC(C(=O)N1CCCC(C(N)=O)C1)N(C)Cc1cccc(Cl)c1. The first-order chi connectivity index (χ1) is 10.9. The molecule has 5 nitrogen and oxygen atoms in total. The van der Waals surface area contributed by atoms with Crippen LogP contribution in [0.4, 0.5) is 0 Å². The summed E-state index contributed by atoms with van der Waals surface area (Å²) in [6.45, 7) is 3.66. The predicted octanol–water partition coefficient (Wildman–Crippen LogP) is 1.88. The average molecular weight is 338 g/mol. The van der Waals surface area contributed by atoms with E-state index in [4.69, 9.17) is 17.3 Å². The van der Waals surface area contributed by atoms with Gasteiger partial charge in [-0.3, -0.25) is 14.5 Å². The van der Waals surface area contributed by atoms with Crippen LogP contribution in [0.5, 0.6) is 0 Å². The summed E-state index contributed by atoms with van der Waals surface area (Å²) in [6, 6.07) is 7.36. The van der Waals surface area contributed by atoms with Crippen LogP contribution in [0.1, 0.15) is 25.3 Å². The highest BCUT2D eigenvalue weighted by Gasteiger charge is 2.30. The Bertz CT molecular complexity index is 579. The minimum Gasteiger partial charge on any atom is -0.369 e. The van der Waals surface area contributed by atoms with Gasteiger partial charge in [-0.2, -0.15) is 0 Å². The van der Waals surface area contributed by atoms with Crippen LogP contribution in [0.2, 0.25) is 5.02 Å². The molecule has 1 aliphatic heterocycles. The zero-order valence-electron chi connectivity index (χ0n) is 13.7. The Labute approximate surface area is 142 Å². The van der Waals surface area contributed by atoms with E-state index in [1.165, 1.54) is 0 Å². The molecule has 1 aromatic rings. The molecule has 0 saturated carbocycles. The number of hydrogen-bond donors (Lipinski definition) is 1. The zero-order valence-corrected chi connectivity index (χ0v) is 14.4. The van der Waals surface area contributed by atoms with Gasteiger partial charge in [-0.05, 0) is 44.5 Å². The van der Waals surface area contributed by atoms with E-state index in [2.05, 4.69) is 0 Å². The van der Waals surface area contributed by atoms with Crippen LogP contribution < -0.4 is 5.73 Å². The van der Waals surface area contributed by atoms with Gasteiger partial charge in [0.1, 0.15) is 0 Å². The summed E-state index contributed by atoms with van der Waals surface area (Å²) in [6.07, 6.45) is 1.59. The number of nitrogens with two attached hydrogens (primary N) is 1. The van der Waals surface area contributed by atoms with E-state index in [1.54, 1.807) is 4.90 Å². The minimum atomic E-state index is -0.317. The van der Waals surface area contributed by atoms with Gasteiger partial charge in [0, 0.05) is 24.7 Å². The number of nitrogens with zero attached hydrogens (tertiary/aromatic N) is 2. The maximum Gasteiger partial charge on any atom is 0.239 e. The third-order valence-corrected chi connectivity index (χ3v) is 4.71. The van der Waals surface area contributed by atoms with Crippen molar-refractivity contribution in [3.8, 4) is 0 Å². The van der Waals surface area contributed by atoms with Gasteiger partial charge in [-0.25, -0.2) is 0 Å². The third-order valence-electron chi connectivity index (χ3n) is 4.47. The van der Waals surface area contributed by atoms with Crippen molar-refractivity contribution in [1.82, 2.24) is 9.80 Å². The average Bonchev–Trinajstić information content (AvgIpc) is 2.53. The Morgan fingerprint density at radius 1 is 1.48 bits per heavy atom. The van der Waals surface area contributed by atoms with Gasteiger partial charge < -0.3 is 10.6 Å². The second-order valence-electron chi connectivity index (χ2n) is 6.25. The van der Waals surface area contributed by atoms with E-state index in [0.717, 1.165) is 18.4 Å². The van der Waals surface area contributed by atoms with Crippen LogP contribution in [-0.4, -0.2) is 47.8 Å². The molecule has 0 spiro atoms. The molecule has 1 fully saturated rings. The van der Waals surface area contributed by atoms with Crippen molar-refractivity contribution in [2.45, 2.75) is 32.4 Å². The van der Waals surface area contributed by atoms with Crippen LogP contribution in [0.25, 0.3) is 0 Å². The lowest BCUT2D eigenvalue weighted by Gasteiger charge is -2.35. The number of hydrogen-bond acceptors (Lipinski definition) is 3. The summed E-state index contributed by atoms with van der Waals surface area (Å²) >= 11 is 6.00. The second kappa shape index (κ2) is 7.79. The smallest absolute Gasteiger partial charge is 0.239 e. The summed E-state index contributed by atoms with van der Waals surface area (Å²) in [5.41, 5.74) is 6.45. The van der Waals surface area contributed by atoms with Crippen LogP contribution in [-0.2, 0) is 16.1 Å². The lowest BCUT2D eigenvalue weighted by Crippen LogP contribution is -2.50. The molecule has 2 atom stereocenters. The van der Waals surface area contributed by atoms with E-state index in [9.17, 15) is 9.59 Å². The number of likely N-dealkylation sites (tertiary alicyclic amines) is 1. The molecule has 0 aromatic heterocycles. The molecule has 6 heteroatoms. The molecule has 126 valence electrons. The lowest BCUT2D eigenvalue weighted by molar-refractivity contribution is -0.139. The molecule has 2 N–H and O–H groups in total. The normalized spacial score (nSPS) is 19.7. The van der Waals surface area contributed by atoms with E-state index in [-0.39, 0.29) is 23.8 Å². The van der Waals surface area contributed by atoms with Crippen molar-refractivity contribution in [2.24, 2.45) is 11.7 Å². The summed E-state index contributed by atoms with van der Waals surface area (Å²) in [7, 11) is 1.92. The molecule has 23 heavy (non-hydrogen) atoms. The van der Waals surface area contributed by atoms with Crippen LogP contribution in [0, 0.1) is 5.92 Å². The van der Waals surface area contributed by atoms with Gasteiger partial charge in [-0.15, -0.1) is 0 Å². The zero-order chi connectivity index (χ0) is 17.0. The topological polar surface area (TPSA) is 66.6 Å². The van der Waals surface area contributed by atoms with Crippen molar-refractivity contribution in [2.75, 3.05) is 20.1 Å². The summed E-state index contributed by atoms with van der Waals surface area (Å²) < 4.78 is 0. The van der Waals surface area contributed by atoms with E-state index in [1.807, 2.05) is 43.1 Å². The van der Waals surface area contributed by atoms with E-state index in [0.29, 0.717) is 24.7 Å². The van der Waals surface area contributed by atoms with Gasteiger partial charge in [0.05, 0.1) is 12.0 Å². The fourth-order valence-electron chi connectivity index (χ4n) is 2.92. The van der Waals surface area contributed by atoms with E-state index < -0.39 is 0 Å². The predicted molar refractivity (Wildman–Crippen MR) is 90.9 cm³/mol. The molecule has 0 aliphatic carbocycles. The molecule has 2 rings (SSSR count). The first-order valence-corrected chi connectivity index (χ1v) is 8.29. The molecule has 1 heterocycles. The van der Waals surface area contributed by atoms with Gasteiger partial charge in [0.15, 0.2) is 0 Å². The quantitative estimate of drug-likeness (QED) is 0.892. The maximum atomic E-state index is 12.7. The monoisotopic (exact) mass is 337 g/mol. The Hall–Kier alpha value is -1.59. The number of amides is 2. The first-order valence-electron chi connectivity index (χ1n) is 7.91. The molecular formula is C17H24ClN3O2. The van der Waals surface area contributed by atoms with Gasteiger partial charge in [0.25, 0.3) is 0 Å². The molecule has 1 aliphatic rings. The first kappa shape index (κ1) is 17.8. The van der Waals surface area contributed by atoms with Crippen LogP contribution >= 0.6 is 11.6 Å². The Morgan fingerprint density at radius 2 is 2.22 bits per heavy atom. The Morgan fingerprint density at radius 3 is 2.87 bits per heavy atom. The molecule has 0 bridgehead atoms. The summed E-state index contributed by atoms with van der Waals surface area (Å²) in [5, 5.41) is 0.690. The van der Waals surface area contributed by atoms with Crippen LogP contribution in [0.15, 0.2) is 24.3 Å². The van der Waals surface area contributed by atoms with Gasteiger partial charge >= 0.3 is 0 Å². The van der Waals surface area contributed by atoms with Crippen molar-refractivity contribution >= 4 is 23.4 Å². The van der Waals surface area contributed by atoms with E-state index >= 15 is 0 Å². The Balaban J connectivity index is 1.96. The van der Waals surface area contributed by atoms with Crippen molar-refractivity contribution in [3.05, 3.63) is 34.9 Å². The molecular weight excluding hydrogens is 314 g/mol. The second-order valence-corrected chi connectivity index (χ2v) is 6.68. The number of carbonyl (C=O) groups is 2. The van der Waals surface area contributed by atoms with Crippen LogP contribution in [0.3, 0.4) is 0 Å². The number of likely N-dealkylation sites (N-methyl/N-ethyl adjacent to an activating group) is 1. The highest BCUT2D eigenvalue weighted by atomic mass is 35.5. The lowest BCUT2D eigenvalue weighted by atomic mass is 9.97. The number of rotatable bonds is 5. The summed E-state index contributed by atoms with van der Waals surface area (Å²) in [5.74, 6) is -0.499. The highest BCUT2D eigenvalue weighted by molar-refractivity contribution is 6.30. The largest absolute Gasteiger partial charge is 0.369 e. The fourth-order valence-corrected chi connectivity index (χ4v) is 3.14. The fraction of sp³-hybridized carbons (Fsp3) is 0.529. The number of benzene rings is 1. The number of carbonyl (C=O) groups excluding carboxylic acids is 2. The molecule has 1 saturated heterocycles. The van der Waals surface area contributed by atoms with Crippen molar-refractivity contribution in [3.63, 3.8) is 0 Å². The Kier molecular flexibility index (Phi) is 6.02. The van der Waals surface area contributed by atoms with Crippen molar-refractivity contribution in [1.29, 1.82) is 0 Å². The van der Waals surface area contributed by atoms with Gasteiger partial charge in [-0.1, -0.05) is 23.7 Å². The minimum absolute atomic E-state index is 0.0421. The van der Waals surface area contributed by atoms with Gasteiger partial charge in [0.2, 0.25) is 11.8 Å². The van der Waals surface area contributed by atoms with Crippen molar-refractivity contribution < 1.29 is 9.59 Å².